The highest BCUT2D eigenvalue weighted by Crippen LogP contribution is 2.17. The van der Waals surface area contributed by atoms with Crippen LogP contribution in [-0.2, 0) is 4.74 Å². The highest BCUT2D eigenvalue weighted by molar-refractivity contribution is 14.0. The van der Waals surface area contributed by atoms with Crippen LogP contribution in [0.2, 0.25) is 0 Å². The van der Waals surface area contributed by atoms with Gasteiger partial charge in [0.2, 0.25) is 0 Å². The summed E-state index contributed by atoms with van der Waals surface area (Å²) in [5.74, 6) is 1.10. The maximum Gasteiger partial charge on any atom is 0.194 e. The average molecular weight is 494 g/mol. The lowest BCUT2D eigenvalue weighted by molar-refractivity contribution is 0.0195. The molecule has 7 nitrogen and oxygen atoms in total. The first-order valence-corrected chi connectivity index (χ1v) is 10.4. The molecule has 2 unspecified atom stereocenters. The van der Waals surface area contributed by atoms with Crippen molar-refractivity contribution in [3.8, 4) is 0 Å². The van der Waals surface area contributed by atoms with Crippen molar-refractivity contribution in [1.29, 1.82) is 0 Å². The topological polar surface area (TPSA) is 46.6 Å². The normalized spacial score (nSPS) is 27.4. The van der Waals surface area contributed by atoms with Gasteiger partial charge < -0.3 is 19.9 Å². The van der Waals surface area contributed by atoms with E-state index in [4.69, 9.17) is 9.73 Å². The summed E-state index contributed by atoms with van der Waals surface area (Å²) in [6.45, 7) is 17.1. The van der Waals surface area contributed by atoms with Gasteiger partial charge >= 0.3 is 0 Å². The highest BCUT2D eigenvalue weighted by atomic mass is 127. The summed E-state index contributed by atoms with van der Waals surface area (Å²) in [5, 5.41) is 3.52. The molecule has 0 amide bonds. The van der Waals surface area contributed by atoms with Crippen molar-refractivity contribution in [2.45, 2.75) is 32.4 Å². The summed E-state index contributed by atoms with van der Waals surface area (Å²) in [6, 6.07) is 1.16. The molecule has 3 saturated heterocycles. The molecule has 0 saturated carbocycles. The van der Waals surface area contributed by atoms with Crippen molar-refractivity contribution in [3.63, 3.8) is 0 Å². The second-order valence-electron chi connectivity index (χ2n) is 7.92. The zero-order chi connectivity index (χ0) is 18.4. The molecule has 27 heavy (non-hydrogen) atoms. The lowest BCUT2D eigenvalue weighted by atomic mass is 10.2. The van der Waals surface area contributed by atoms with E-state index in [-0.39, 0.29) is 24.0 Å². The summed E-state index contributed by atoms with van der Waals surface area (Å²) >= 11 is 0. The van der Waals surface area contributed by atoms with Gasteiger partial charge in [-0.2, -0.15) is 0 Å². The number of likely N-dealkylation sites (tertiary alicyclic amines) is 1. The smallest absolute Gasteiger partial charge is 0.194 e. The summed E-state index contributed by atoms with van der Waals surface area (Å²) in [7, 11) is 2.21. The molecule has 0 aromatic heterocycles. The number of aliphatic imine (C=N–C) groups is 1. The number of morpholine rings is 1. The Morgan fingerprint density at radius 3 is 2.48 bits per heavy atom. The third-order valence-electron chi connectivity index (χ3n) is 6.03. The van der Waals surface area contributed by atoms with Crippen LogP contribution >= 0.6 is 24.0 Å². The van der Waals surface area contributed by atoms with E-state index in [9.17, 15) is 0 Å². The molecule has 3 heterocycles. The standard InChI is InChI=1S/C19H38N6O.HI/c1-4-20-19(21-15-17(2)23-9-7-22(3)8-10-23)25-6-5-18(16-25)24-11-13-26-14-12-24;/h17-18H,4-16H2,1-3H3,(H,20,21);1H. The van der Waals surface area contributed by atoms with Gasteiger partial charge in [0, 0.05) is 71.0 Å². The van der Waals surface area contributed by atoms with E-state index in [1.807, 2.05) is 0 Å². The molecule has 3 aliphatic heterocycles. The van der Waals surface area contributed by atoms with Crippen LogP contribution in [-0.4, -0.2) is 123 Å². The Kier molecular flexibility index (Phi) is 10.1. The van der Waals surface area contributed by atoms with Gasteiger partial charge in [-0.05, 0) is 27.3 Å². The molecule has 3 aliphatic rings. The summed E-state index contributed by atoms with van der Waals surface area (Å²) < 4.78 is 5.50. The van der Waals surface area contributed by atoms with Crippen molar-refractivity contribution < 1.29 is 4.74 Å². The SMILES string of the molecule is CCNC(=NCC(C)N1CCN(C)CC1)N1CCC(N2CCOCC2)C1.I. The second kappa shape index (κ2) is 11.7. The minimum atomic E-state index is 0. The molecule has 2 atom stereocenters. The fourth-order valence-electron chi connectivity index (χ4n) is 4.20. The first-order chi connectivity index (χ1) is 12.7. The Morgan fingerprint density at radius 2 is 1.81 bits per heavy atom. The van der Waals surface area contributed by atoms with Crippen LogP contribution in [0.25, 0.3) is 0 Å². The lowest BCUT2D eigenvalue weighted by Gasteiger charge is -2.36. The molecular formula is C19H39IN6O. The molecule has 1 N–H and O–H groups in total. The van der Waals surface area contributed by atoms with Gasteiger partial charge in [-0.3, -0.25) is 14.8 Å². The quantitative estimate of drug-likeness (QED) is 0.344. The second-order valence-corrected chi connectivity index (χ2v) is 7.92. The lowest BCUT2D eigenvalue weighted by Crippen LogP contribution is -2.49. The van der Waals surface area contributed by atoms with E-state index < -0.39 is 0 Å². The van der Waals surface area contributed by atoms with Crippen LogP contribution in [0.5, 0.6) is 0 Å². The van der Waals surface area contributed by atoms with E-state index in [0.717, 1.165) is 71.5 Å². The molecule has 0 radical (unpaired) electrons. The van der Waals surface area contributed by atoms with Gasteiger partial charge in [0.1, 0.15) is 0 Å². The highest BCUT2D eigenvalue weighted by Gasteiger charge is 2.30. The number of likely N-dealkylation sites (N-methyl/N-ethyl adjacent to an activating group) is 1. The van der Waals surface area contributed by atoms with E-state index in [0.29, 0.717) is 12.1 Å². The van der Waals surface area contributed by atoms with E-state index >= 15 is 0 Å². The van der Waals surface area contributed by atoms with Crippen LogP contribution in [0.3, 0.4) is 0 Å². The van der Waals surface area contributed by atoms with Gasteiger partial charge in [0.25, 0.3) is 0 Å². The van der Waals surface area contributed by atoms with Gasteiger partial charge in [0.05, 0.1) is 19.8 Å². The summed E-state index contributed by atoms with van der Waals surface area (Å²) in [5.41, 5.74) is 0. The minimum Gasteiger partial charge on any atom is -0.379 e. The third-order valence-corrected chi connectivity index (χ3v) is 6.03. The van der Waals surface area contributed by atoms with E-state index in [1.54, 1.807) is 0 Å². The Morgan fingerprint density at radius 1 is 1.11 bits per heavy atom. The fourth-order valence-corrected chi connectivity index (χ4v) is 4.20. The monoisotopic (exact) mass is 494 g/mol. The van der Waals surface area contributed by atoms with Crippen LogP contribution in [0.4, 0.5) is 0 Å². The van der Waals surface area contributed by atoms with Crippen molar-refractivity contribution in [3.05, 3.63) is 0 Å². The molecular weight excluding hydrogens is 455 g/mol. The molecule has 3 fully saturated rings. The van der Waals surface area contributed by atoms with Crippen molar-refractivity contribution in [1.82, 2.24) is 24.9 Å². The number of hydrogen-bond donors (Lipinski definition) is 1. The summed E-state index contributed by atoms with van der Waals surface area (Å²) in [4.78, 5) is 15.0. The van der Waals surface area contributed by atoms with Crippen molar-refractivity contribution in [2.24, 2.45) is 4.99 Å². The van der Waals surface area contributed by atoms with Gasteiger partial charge in [-0.25, -0.2) is 0 Å². The molecule has 0 aliphatic carbocycles. The first kappa shape index (κ1) is 23.1. The molecule has 8 heteroatoms. The number of halogens is 1. The number of piperazine rings is 1. The van der Waals surface area contributed by atoms with Gasteiger partial charge in [-0.1, -0.05) is 0 Å². The Balaban J connectivity index is 0.00000261. The fraction of sp³-hybridized carbons (Fsp3) is 0.947. The number of hydrogen-bond acceptors (Lipinski definition) is 5. The van der Waals surface area contributed by atoms with Gasteiger partial charge in [-0.15, -0.1) is 24.0 Å². The number of guanidine groups is 1. The molecule has 0 bridgehead atoms. The predicted molar refractivity (Wildman–Crippen MR) is 122 cm³/mol. The van der Waals surface area contributed by atoms with Crippen molar-refractivity contribution >= 4 is 29.9 Å². The number of nitrogens with zero attached hydrogens (tertiary/aromatic N) is 5. The van der Waals surface area contributed by atoms with Gasteiger partial charge in [0.15, 0.2) is 5.96 Å². The zero-order valence-electron chi connectivity index (χ0n) is 17.4. The van der Waals surface area contributed by atoms with Crippen LogP contribution in [0, 0.1) is 0 Å². The Bertz CT molecular complexity index is 451. The minimum absolute atomic E-state index is 0. The largest absolute Gasteiger partial charge is 0.379 e. The molecule has 0 spiro atoms. The zero-order valence-corrected chi connectivity index (χ0v) is 19.7. The number of ether oxygens (including phenoxy) is 1. The third kappa shape index (κ3) is 6.69. The van der Waals surface area contributed by atoms with Crippen LogP contribution in [0.15, 0.2) is 4.99 Å². The maximum atomic E-state index is 5.50. The van der Waals surface area contributed by atoms with Crippen molar-refractivity contribution in [2.75, 3.05) is 85.7 Å². The Labute approximate surface area is 182 Å². The van der Waals surface area contributed by atoms with Crippen LogP contribution in [0.1, 0.15) is 20.3 Å². The molecule has 0 aromatic carbocycles. The predicted octanol–water partition coefficient (Wildman–Crippen LogP) is 0.612. The first-order valence-electron chi connectivity index (χ1n) is 10.4. The number of nitrogens with one attached hydrogen (secondary N) is 1. The van der Waals surface area contributed by atoms with E-state index in [2.05, 4.69) is 45.8 Å². The molecule has 0 aromatic rings. The summed E-state index contributed by atoms with van der Waals surface area (Å²) in [6.07, 6.45) is 1.23. The molecule has 3 rings (SSSR count). The maximum absolute atomic E-state index is 5.50. The Hall–Kier alpha value is -0.160. The van der Waals surface area contributed by atoms with Crippen LogP contribution < -0.4 is 5.32 Å². The average Bonchev–Trinajstić information content (AvgIpc) is 3.16. The number of rotatable bonds is 5. The molecule has 158 valence electrons. The van der Waals surface area contributed by atoms with E-state index in [1.165, 1.54) is 19.5 Å².